The fourth-order valence-electron chi connectivity index (χ4n) is 6.68. The minimum absolute atomic E-state index is 0.0308. The molecule has 1 fully saturated rings. The molecule has 58 heavy (non-hydrogen) atoms. The lowest BCUT2D eigenvalue weighted by atomic mass is 9.88. The van der Waals surface area contributed by atoms with Gasteiger partial charge >= 0.3 is 19.8 Å². The molecular weight excluding hydrogens is 767 g/mol. The molecule has 0 heterocycles. The van der Waals surface area contributed by atoms with Crippen LogP contribution >= 0.6 is 7.82 Å². The lowest BCUT2D eigenvalue weighted by molar-refractivity contribution is -0.161. The van der Waals surface area contributed by atoms with Gasteiger partial charge in [-0.05, 0) is 57.8 Å². The molecule has 0 aromatic carbocycles. The van der Waals surface area contributed by atoms with Gasteiger partial charge in [0, 0.05) is 31.1 Å². The molecule has 0 bridgehead atoms. The number of hydrogen-bond donors (Lipinski definition) is 5. The summed E-state index contributed by atoms with van der Waals surface area (Å²) in [6.07, 6.45) is 27.2. The minimum Gasteiger partial charge on any atom is -0.462 e. The van der Waals surface area contributed by atoms with Gasteiger partial charge in [-0.2, -0.15) is 0 Å². The Morgan fingerprint density at radius 1 is 0.776 bits per heavy atom. The summed E-state index contributed by atoms with van der Waals surface area (Å²) < 4.78 is 32.7. The number of rotatable bonds is 37. The van der Waals surface area contributed by atoms with E-state index in [1.165, 1.54) is 19.3 Å². The normalized spacial score (nSPS) is 19.9. The number of esters is 2. The zero-order valence-corrected chi connectivity index (χ0v) is 36.4. The van der Waals surface area contributed by atoms with E-state index >= 15 is 0 Å². The summed E-state index contributed by atoms with van der Waals surface area (Å²) in [6.45, 7) is 1.96. The molecular formula is C44H77O13P. The first-order valence-corrected chi connectivity index (χ1v) is 23.5. The van der Waals surface area contributed by atoms with E-state index in [1.807, 2.05) is 0 Å². The fraction of sp³-hybridized carbons (Fsp3) is 0.795. The number of ketones is 1. The topological polar surface area (TPSA) is 206 Å². The maximum atomic E-state index is 12.6. The van der Waals surface area contributed by atoms with Gasteiger partial charge in [0.05, 0.1) is 32.0 Å². The van der Waals surface area contributed by atoms with Crippen LogP contribution < -0.4 is 0 Å². The van der Waals surface area contributed by atoms with Crippen LogP contribution in [0, 0.1) is 11.8 Å². The van der Waals surface area contributed by atoms with Gasteiger partial charge in [0.2, 0.25) is 0 Å². The number of aliphatic hydroxyl groups excluding tert-OH is 4. The summed E-state index contributed by atoms with van der Waals surface area (Å²) >= 11 is 0. The van der Waals surface area contributed by atoms with Crippen molar-refractivity contribution in [1.29, 1.82) is 0 Å². The largest absolute Gasteiger partial charge is 0.472 e. The average molecular weight is 845 g/mol. The molecule has 0 aliphatic heterocycles. The first-order chi connectivity index (χ1) is 27.9. The minimum atomic E-state index is -4.68. The van der Waals surface area contributed by atoms with Gasteiger partial charge in [0.1, 0.15) is 18.5 Å². The molecule has 0 saturated heterocycles. The smallest absolute Gasteiger partial charge is 0.462 e. The van der Waals surface area contributed by atoms with Crippen LogP contribution in [0.1, 0.15) is 162 Å². The molecule has 1 saturated carbocycles. The molecule has 7 atom stereocenters. The van der Waals surface area contributed by atoms with Gasteiger partial charge in [-0.3, -0.25) is 23.4 Å². The van der Waals surface area contributed by atoms with Gasteiger partial charge in [-0.15, -0.1) is 0 Å². The number of phosphoric ester groups is 1. The number of hydrogen-bond acceptors (Lipinski definition) is 12. The summed E-state index contributed by atoms with van der Waals surface area (Å²) in [6, 6.07) is 0. The Hall–Kier alpha value is -2.22. The van der Waals surface area contributed by atoms with Crippen LogP contribution in [0.3, 0.4) is 0 Å². The average Bonchev–Trinajstić information content (AvgIpc) is 3.47. The molecule has 0 amide bonds. The van der Waals surface area contributed by atoms with Crippen molar-refractivity contribution >= 4 is 25.5 Å². The molecule has 0 spiro atoms. The van der Waals surface area contributed by atoms with Gasteiger partial charge in [-0.25, -0.2) is 4.57 Å². The third kappa shape index (κ3) is 28.3. The second-order valence-corrected chi connectivity index (χ2v) is 16.9. The number of phosphoric acid groups is 1. The van der Waals surface area contributed by atoms with E-state index in [0.29, 0.717) is 32.1 Å². The summed E-state index contributed by atoms with van der Waals surface area (Å²) in [5.74, 6) is -1.68. The van der Waals surface area contributed by atoms with Crippen LogP contribution in [0.2, 0.25) is 0 Å². The summed E-state index contributed by atoms with van der Waals surface area (Å²) in [7, 11) is -4.68. The van der Waals surface area contributed by atoms with Crippen molar-refractivity contribution < 1.29 is 62.8 Å². The Balaban J connectivity index is 2.45. The number of ether oxygens (including phenoxy) is 2. The molecule has 1 rings (SSSR count). The van der Waals surface area contributed by atoms with Gasteiger partial charge in [0.15, 0.2) is 6.10 Å². The van der Waals surface area contributed by atoms with E-state index in [0.717, 1.165) is 77.0 Å². The number of Topliss-reactive ketones (excluding diaryl/α,β-unsaturated/α-hetero) is 1. The van der Waals surface area contributed by atoms with Crippen molar-refractivity contribution in [2.75, 3.05) is 26.4 Å². The van der Waals surface area contributed by atoms with Crippen LogP contribution in [-0.2, 0) is 37.5 Å². The molecule has 5 N–H and O–H groups in total. The van der Waals surface area contributed by atoms with Crippen molar-refractivity contribution in [2.24, 2.45) is 11.8 Å². The van der Waals surface area contributed by atoms with Gasteiger partial charge in [0.25, 0.3) is 0 Å². The van der Waals surface area contributed by atoms with E-state index in [9.17, 15) is 39.2 Å². The number of allylic oxidation sites excluding steroid dienone is 4. The third-order valence-corrected chi connectivity index (χ3v) is 11.1. The molecule has 0 aromatic heterocycles. The quantitative estimate of drug-likeness (QED) is 0.0174. The van der Waals surface area contributed by atoms with Crippen LogP contribution in [0.15, 0.2) is 36.5 Å². The van der Waals surface area contributed by atoms with Crippen LogP contribution in [-0.4, -0.2) is 93.9 Å². The second kappa shape index (κ2) is 34.5. The Morgan fingerprint density at radius 2 is 1.36 bits per heavy atom. The van der Waals surface area contributed by atoms with E-state index in [1.54, 1.807) is 12.2 Å². The third-order valence-electron chi connectivity index (χ3n) is 10.2. The Kier molecular flexibility index (Phi) is 32.0. The zero-order chi connectivity index (χ0) is 42.9. The van der Waals surface area contributed by atoms with E-state index in [2.05, 4.69) is 42.7 Å². The number of carbonyl (C=O) groups is 3. The van der Waals surface area contributed by atoms with E-state index in [-0.39, 0.29) is 36.9 Å². The molecule has 14 heteroatoms. The van der Waals surface area contributed by atoms with Crippen molar-refractivity contribution in [2.45, 2.75) is 186 Å². The summed E-state index contributed by atoms with van der Waals surface area (Å²) in [5, 5.41) is 39.1. The molecule has 1 unspecified atom stereocenters. The predicted molar refractivity (Wildman–Crippen MR) is 225 cm³/mol. The van der Waals surface area contributed by atoms with E-state index in [4.69, 9.17) is 19.1 Å². The van der Waals surface area contributed by atoms with Crippen molar-refractivity contribution in [3.8, 4) is 0 Å². The highest BCUT2D eigenvalue weighted by Crippen LogP contribution is 2.43. The van der Waals surface area contributed by atoms with Crippen molar-refractivity contribution in [3.05, 3.63) is 36.5 Å². The molecule has 13 nitrogen and oxygen atoms in total. The number of carbonyl (C=O) groups excluding carboxylic acids is 3. The summed E-state index contributed by atoms with van der Waals surface area (Å²) in [5.41, 5.74) is 0. The molecule has 336 valence electrons. The molecule has 0 aromatic rings. The first kappa shape index (κ1) is 53.8. The Bertz CT molecular complexity index is 1220. The first-order valence-electron chi connectivity index (χ1n) is 22.0. The highest BCUT2D eigenvalue weighted by Gasteiger charge is 2.39. The lowest BCUT2D eigenvalue weighted by Crippen LogP contribution is -2.29. The maximum Gasteiger partial charge on any atom is 0.472 e. The standard InChI is InChI=1S/C44H77O13P/c1-3-5-7-8-9-10-11-12-13-14-15-16-17-18-24-28-44(51)57-38(35-56-58(52,53)55-33-37(47)32-45)34-54-43(50)27-23-20-19-22-26-39-40(42(49)31-41(39)48)30-29-36(46)25-21-6-4-2/h9-10,12-13,29-30,36-40,42,45-47,49H,3-8,11,14-28,31-35H2,1-2H3,(H,52,53)/b10-9-,13-12-,30-29+/t36-,37-,38+,39+,40+,42+/m0/s1. The summed E-state index contributed by atoms with van der Waals surface area (Å²) in [4.78, 5) is 47.8. The number of aliphatic hydroxyl groups is 4. The fourth-order valence-corrected chi connectivity index (χ4v) is 7.47. The van der Waals surface area contributed by atoms with Crippen LogP contribution in [0.5, 0.6) is 0 Å². The zero-order valence-electron chi connectivity index (χ0n) is 35.5. The SMILES string of the molecule is CCCCC/C=C\C/C=C\CCCCCCCC(=O)O[C@H](COC(=O)CCCCCC[C@H]1C(=O)C[C@@H](O)[C@@H]1/C=C/[C@@H](O)CCCCC)COP(=O)(O)OC[C@@H](O)CO. The van der Waals surface area contributed by atoms with E-state index < -0.39 is 70.6 Å². The Morgan fingerprint density at radius 3 is 2.03 bits per heavy atom. The van der Waals surface area contributed by atoms with Gasteiger partial charge < -0.3 is 34.8 Å². The second-order valence-electron chi connectivity index (χ2n) is 15.5. The monoisotopic (exact) mass is 845 g/mol. The van der Waals surface area contributed by atoms with Crippen LogP contribution in [0.25, 0.3) is 0 Å². The molecule has 1 aliphatic carbocycles. The molecule has 0 radical (unpaired) electrons. The maximum absolute atomic E-state index is 12.6. The lowest BCUT2D eigenvalue weighted by Gasteiger charge is -2.20. The van der Waals surface area contributed by atoms with Crippen molar-refractivity contribution in [1.82, 2.24) is 0 Å². The molecule has 1 aliphatic rings. The highest BCUT2D eigenvalue weighted by atomic mass is 31.2. The highest BCUT2D eigenvalue weighted by molar-refractivity contribution is 7.47. The predicted octanol–water partition coefficient (Wildman–Crippen LogP) is 8.15. The van der Waals surface area contributed by atoms with Crippen LogP contribution in [0.4, 0.5) is 0 Å². The van der Waals surface area contributed by atoms with Crippen molar-refractivity contribution in [3.63, 3.8) is 0 Å². The Labute approximate surface area is 348 Å². The van der Waals surface area contributed by atoms with Gasteiger partial charge in [-0.1, -0.05) is 121 Å². The number of unbranched alkanes of at least 4 members (excludes halogenated alkanes) is 13.